The molecule has 4 aliphatic rings. The quantitative estimate of drug-likeness (QED) is 0.106. The van der Waals surface area contributed by atoms with Crippen LogP contribution in [-0.2, 0) is 19.2 Å². The van der Waals surface area contributed by atoms with Crippen LogP contribution in [0.25, 0.3) is 6.08 Å². The molecule has 1 N–H and O–H groups in total. The molecule has 0 unspecified atom stereocenters. The monoisotopic (exact) mass is 733 g/mol. The highest BCUT2D eigenvalue weighted by Gasteiger charge is 2.75. The van der Waals surface area contributed by atoms with Gasteiger partial charge in [-0.05, 0) is 48.6 Å². The van der Waals surface area contributed by atoms with Gasteiger partial charge in [0, 0.05) is 18.1 Å². The molecule has 46 heavy (non-hydrogen) atoms. The lowest BCUT2D eigenvalue weighted by Crippen LogP contribution is -2.60. The molecule has 2 heterocycles. The minimum atomic E-state index is -1.97. The normalized spacial score (nSPS) is 30.3. The van der Waals surface area contributed by atoms with Crippen molar-refractivity contribution in [1.82, 2.24) is 4.90 Å². The summed E-state index contributed by atoms with van der Waals surface area (Å²) in [6.45, 7) is 0. The second-order valence-corrected chi connectivity index (χ2v) is 13.2. The first-order valence-corrected chi connectivity index (χ1v) is 16.0. The van der Waals surface area contributed by atoms with Gasteiger partial charge in [0.1, 0.15) is 0 Å². The highest BCUT2D eigenvalue weighted by atomic mass is 79.9. The number of phenols is 1. The summed E-state index contributed by atoms with van der Waals surface area (Å²) in [7, 11) is 2.76. The minimum Gasteiger partial charge on any atom is -0.502 e. The fourth-order valence-electron chi connectivity index (χ4n) is 7.20. The molecule has 6 rings (SSSR count). The van der Waals surface area contributed by atoms with Gasteiger partial charge in [0.25, 0.3) is 17.5 Å². The molecular weight excluding hydrogens is 709 g/mol. The number of amides is 4. The number of hydrogen-bond acceptors (Lipinski definition) is 9. The maximum atomic E-state index is 14.1. The number of likely N-dealkylation sites (tertiary alicyclic amines) is 1. The molecular formula is C31H26BrCl2N3O9. The number of ether oxygens (including phenoxy) is 2. The van der Waals surface area contributed by atoms with Gasteiger partial charge in [-0.3, -0.25) is 39.1 Å². The summed E-state index contributed by atoms with van der Waals surface area (Å²) in [4.78, 5) is 63.9. The number of carbonyl (C=O) groups excluding carboxylic acids is 4. The first-order chi connectivity index (χ1) is 21.8. The number of allylic oxidation sites excluding steroid dienone is 3. The molecule has 2 aliphatic carbocycles. The number of hydrogen-bond donors (Lipinski definition) is 1. The van der Waals surface area contributed by atoms with E-state index in [0.717, 1.165) is 9.80 Å². The highest BCUT2D eigenvalue weighted by molar-refractivity contribution is 9.09. The molecule has 0 radical (unpaired) electrons. The maximum absolute atomic E-state index is 14.1. The minimum absolute atomic E-state index is 0.131. The Morgan fingerprint density at radius 3 is 2.24 bits per heavy atom. The molecule has 15 heteroatoms. The van der Waals surface area contributed by atoms with E-state index in [1.807, 2.05) is 0 Å². The van der Waals surface area contributed by atoms with Crippen LogP contribution in [-0.4, -0.2) is 68.0 Å². The van der Waals surface area contributed by atoms with Crippen molar-refractivity contribution in [3.8, 4) is 17.2 Å². The van der Waals surface area contributed by atoms with Crippen molar-refractivity contribution in [2.75, 3.05) is 24.6 Å². The first-order valence-electron chi connectivity index (χ1n) is 14.1. The summed E-state index contributed by atoms with van der Waals surface area (Å²) in [5.41, 5.74) is 0.930. The van der Waals surface area contributed by atoms with E-state index in [-0.39, 0.29) is 46.9 Å². The molecule has 2 aromatic carbocycles. The lowest BCUT2D eigenvalue weighted by molar-refractivity contribution is -0.384. The van der Waals surface area contributed by atoms with E-state index in [4.69, 9.17) is 32.7 Å². The number of aromatic hydroxyl groups is 1. The van der Waals surface area contributed by atoms with Gasteiger partial charge in [0.2, 0.25) is 17.6 Å². The Bertz CT molecular complexity index is 1740. The number of carbonyl (C=O) groups is 4. The molecule has 2 saturated heterocycles. The number of benzene rings is 2. The van der Waals surface area contributed by atoms with Crippen LogP contribution < -0.4 is 14.4 Å². The zero-order chi connectivity index (χ0) is 33.3. The maximum Gasteiger partial charge on any atom is 0.269 e. The van der Waals surface area contributed by atoms with E-state index in [0.29, 0.717) is 11.1 Å². The van der Waals surface area contributed by atoms with Crippen LogP contribution in [0.5, 0.6) is 17.2 Å². The number of rotatable bonds is 7. The molecule has 1 saturated carbocycles. The van der Waals surface area contributed by atoms with Crippen LogP contribution in [0.4, 0.5) is 11.4 Å². The number of imide groups is 2. The number of methoxy groups -OCH3 is 2. The predicted octanol–water partition coefficient (Wildman–Crippen LogP) is 4.78. The Hall–Kier alpha value is -3.94. The summed E-state index contributed by atoms with van der Waals surface area (Å²) in [6, 6.07) is 8.19. The summed E-state index contributed by atoms with van der Waals surface area (Å²) < 4.78 is 10.5. The summed E-state index contributed by atoms with van der Waals surface area (Å²) >= 11 is 17.6. The van der Waals surface area contributed by atoms with Crippen LogP contribution >= 0.6 is 39.1 Å². The summed E-state index contributed by atoms with van der Waals surface area (Å²) in [5.74, 6) is -5.82. The molecule has 2 aliphatic heterocycles. The number of nitrogens with zero attached hydrogens (tertiary/aromatic N) is 3. The molecule has 0 spiro atoms. The summed E-state index contributed by atoms with van der Waals surface area (Å²) in [5, 5.41) is 21.5. The Morgan fingerprint density at radius 2 is 1.67 bits per heavy atom. The van der Waals surface area contributed by atoms with Gasteiger partial charge in [-0.2, -0.15) is 0 Å². The zero-order valence-corrected chi connectivity index (χ0v) is 27.4. The number of phenolic OH excluding ortho intramolecular Hbond substituents is 1. The number of nitro groups is 1. The third-order valence-electron chi connectivity index (χ3n) is 9.37. The van der Waals surface area contributed by atoms with E-state index >= 15 is 0 Å². The Labute approximate surface area is 280 Å². The molecule has 4 amide bonds. The van der Waals surface area contributed by atoms with Gasteiger partial charge in [-0.1, -0.05) is 39.7 Å². The van der Waals surface area contributed by atoms with Gasteiger partial charge in [-0.25, -0.2) is 0 Å². The molecule has 0 bridgehead atoms. The Balaban J connectivity index is 1.45. The van der Waals surface area contributed by atoms with Crippen molar-refractivity contribution in [3.63, 3.8) is 0 Å². The van der Waals surface area contributed by atoms with Gasteiger partial charge in [-0.15, -0.1) is 23.2 Å². The third-order valence-corrected chi connectivity index (χ3v) is 11.3. The van der Waals surface area contributed by atoms with E-state index < -0.39 is 62.0 Å². The van der Waals surface area contributed by atoms with Crippen molar-refractivity contribution >= 4 is 80.2 Å². The standard InChI is InChI=1S/C31H26BrCl2N3O9/c1-45-22-11-15(12-23(46-2)25(22)38)3-10-21-18-8-9-19-24(20(18)13-30(33)28(41)35(14-32)29(42)31(21,30)34)27(40)36(26(19)39)16-4-6-17(7-5-16)37(43)44/h3-8,10-12,19-21,24,38H,9,13-14H2,1-2H3/t19-,20+,21-,24-,30+,31-/m0/s1. The first kappa shape index (κ1) is 32.0. The third kappa shape index (κ3) is 4.39. The highest BCUT2D eigenvalue weighted by Crippen LogP contribution is 2.63. The van der Waals surface area contributed by atoms with Gasteiger partial charge in [0.05, 0.1) is 42.1 Å². The molecule has 12 nitrogen and oxygen atoms in total. The van der Waals surface area contributed by atoms with Gasteiger partial charge in [0.15, 0.2) is 21.2 Å². The van der Waals surface area contributed by atoms with E-state index in [2.05, 4.69) is 15.9 Å². The van der Waals surface area contributed by atoms with E-state index in [9.17, 15) is 34.4 Å². The predicted molar refractivity (Wildman–Crippen MR) is 170 cm³/mol. The van der Waals surface area contributed by atoms with Crippen LogP contribution in [0.2, 0.25) is 0 Å². The van der Waals surface area contributed by atoms with Gasteiger partial charge < -0.3 is 14.6 Å². The van der Waals surface area contributed by atoms with Crippen molar-refractivity contribution in [1.29, 1.82) is 0 Å². The average molecular weight is 735 g/mol. The van der Waals surface area contributed by atoms with Crippen LogP contribution in [0.1, 0.15) is 18.4 Å². The van der Waals surface area contributed by atoms with Crippen molar-refractivity contribution in [2.45, 2.75) is 22.6 Å². The fourth-order valence-corrected chi connectivity index (χ4v) is 8.58. The number of nitro benzene ring substituents is 1. The Kier molecular flexibility index (Phi) is 7.93. The largest absolute Gasteiger partial charge is 0.502 e. The number of fused-ring (bicyclic) bond motifs is 4. The van der Waals surface area contributed by atoms with E-state index in [1.165, 1.54) is 38.5 Å². The smallest absolute Gasteiger partial charge is 0.269 e. The van der Waals surface area contributed by atoms with Crippen molar-refractivity contribution in [2.24, 2.45) is 23.7 Å². The SMILES string of the molecule is COc1cc(C=C[C@H]2C3=CC[C@@H]4C(=O)N(c5ccc([N+](=O)[O-])cc5)C(=O)[C@@H]4[C@@H]3C[C@@]3(Cl)C(=O)N(CBr)C(=O)[C@@]23Cl)cc(OC)c1O. The second-order valence-electron chi connectivity index (χ2n) is 11.4. The second kappa shape index (κ2) is 11.4. The molecule has 3 fully saturated rings. The number of anilines is 1. The van der Waals surface area contributed by atoms with Crippen LogP contribution in [0.3, 0.4) is 0 Å². The van der Waals surface area contributed by atoms with Crippen LogP contribution in [0.15, 0.2) is 54.1 Å². The zero-order valence-electron chi connectivity index (χ0n) is 24.3. The molecule has 240 valence electrons. The summed E-state index contributed by atoms with van der Waals surface area (Å²) in [6.07, 6.45) is 5.02. The lowest BCUT2D eigenvalue weighted by atomic mass is 9.57. The van der Waals surface area contributed by atoms with Gasteiger partial charge >= 0.3 is 0 Å². The van der Waals surface area contributed by atoms with Crippen molar-refractivity contribution < 1.29 is 38.7 Å². The van der Waals surface area contributed by atoms with Crippen molar-refractivity contribution in [3.05, 3.63) is 69.8 Å². The fraction of sp³-hybridized carbons (Fsp3) is 0.355. The van der Waals surface area contributed by atoms with E-state index in [1.54, 1.807) is 30.4 Å². The molecule has 6 atom stereocenters. The lowest BCUT2D eigenvalue weighted by Gasteiger charge is -2.49. The number of alkyl halides is 3. The number of non-ortho nitro benzene ring substituents is 1. The average Bonchev–Trinajstić information content (AvgIpc) is 3.38. The molecule has 2 aromatic rings. The Morgan fingerprint density at radius 1 is 1.04 bits per heavy atom. The van der Waals surface area contributed by atoms with Crippen LogP contribution in [0, 0.1) is 33.8 Å². The molecule has 0 aromatic heterocycles. The number of halogens is 3. The topological polar surface area (TPSA) is 157 Å².